The third-order valence-corrected chi connectivity index (χ3v) is 2.93. The maximum absolute atomic E-state index is 11.2. The van der Waals surface area contributed by atoms with Crippen LogP contribution in [0.15, 0.2) is 18.2 Å². The summed E-state index contributed by atoms with van der Waals surface area (Å²) in [6.07, 6.45) is 2.23. The van der Waals surface area contributed by atoms with Crippen LogP contribution in [0.3, 0.4) is 0 Å². The molecule has 0 heterocycles. The van der Waals surface area contributed by atoms with Crippen molar-refractivity contribution in [1.82, 2.24) is 0 Å². The van der Waals surface area contributed by atoms with E-state index < -0.39 is 6.04 Å². The molecule has 2 N–H and O–H groups in total. The summed E-state index contributed by atoms with van der Waals surface area (Å²) in [6, 6.07) is 5.23. The van der Waals surface area contributed by atoms with E-state index >= 15 is 0 Å². The Labute approximate surface area is 113 Å². The van der Waals surface area contributed by atoms with Gasteiger partial charge >= 0.3 is 5.97 Å². The zero-order chi connectivity index (χ0) is 14.3. The number of carbonyl (C=O) groups is 1. The van der Waals surface area contributed by atoms with Gasteiger partial charge in [0, 0.05) is 0 Å². The van der Waals surface area contributed by atoms with Crippen molar-refractivity contribution in [3.8, 4) is 11.5 Å². The molecule has 0 bridgehead atoms. The molecule has 5 nitrogen and oxygen atoms in total. The summed E-state index contributed by atoms with van der Waals surface area (Å²) in [7, 11) is 4.55. The van der Waals surface area contributed by atoms with E-state index in [1.54, 1.807) is 14.2 Å². The summed E-state index contributed by atoms with van der Waals surface area (Å²) in [4.78, 5) is 11.2. The summed E-state index contributed by atoms with van der Waals surface area (Å²) in [5.74, 6) is 1.04. The lowest BCUT2D eigenvalue weighted by Crippen LogP contribution is -2.31. The van der Waals surface area contributed by atoms with Gasteiger partial charge < -0.3 is 19.9 Å². The maximum atomic E-state index is 11.2. The van der Waals surface area contributed by atoms with Crippen molar-refractivity contribution in [2.45, 2.75) is 25.3 Å². The Balaban J connectivity index is 2.52. The van der Waals surface area contributed by atoms with E-state index in [0.29, 0.717) is 17.9 Å². The number of methoxy groups -OCH3 is 3. The van der Waals surface area contributed by atoms with E-state index in [1.807, 2.05) is 18.2 Å². The standard InChI is InChI=1S/C14H21NO4/c1-17-12-8-7-10(9-13(12)18-2)5-4-6-11(15)14(16)19-3/h7-9,11H,4-6,15H2,1-3H3/t11-/m0/s1. The summed E-state index contributed by atoms with van der Waals surface area (Å²) < 4.78 is 15.0. The quantitative estimate of drug-likeness (QED) is 0.758. The van der Waals surface area contributed by atoms with Crippen molar-refractivity contribution in [2.24, 2.45) is 5.73 Å². The van der Waals surface area contributed by atoms with Crippen LogP contribution in [-0.2, 0) is 16.0 Å². The van der Waals surface area contributed by atoms with Crippen LogP contribution >= 0.6 is 0 Å². The van der Waals surface area contributed by atoms with Gasteiger partial charge in [-0.3, -0.25) is 4.79 Å². The number of hydrogen-bond acceptors (Lipinski definition) is 5. The van der Waals surface area contributed by atoms with Crippen LogP contribution in [-0.4, -0.2) is 33.3 Å². The Morgan fingerprint density at radius 2 is 1.89 bits per heavy atom. The van der Waals surface area contributed by atoms with Crippen molar-refractivity contribution >= 4 is 5.97 Å². The van der Waals surface area contributed by atoms with Crippen molar-refractivity contribution in [2.75, 3.05) is 21.3 Å². The fraction of sp³-hybridized carbons (Fsp3) is 0.500. The molecule has 0 aliphatic rings. The molecule has 0 amide bonds. The first-order valence-corrected chi connectivity index (χ1v) is 6.16. The van der Waals surface area contributed by atoms with Gasteiger partial charge in [-0.2, -0.15) is 0 Å². The number of hydrogen-bond donors (Lipinski definition) is 1. The Bertz CT molecular complexity index is 420. The van der Waals surface area contributed by atoms with E-state index in [2.05, 4.69) is 4.74 Å². The van der Waals surface area contributed by atoms with Crippen molar-refractivity contribution < 1.29 is 19.0 Å². The van der Waals surface area contributed by atoms with E-state index in [1.165, 1.54) is 7.11 Å². The Morgan fingerprint density at radius 1 is 1.21 bits per heavy atom. The van der Waals surface area contributed by atoms with Gasteiger partial charge in [0.15, 0.2) is 11.5 Å². The predicted molar refractivity (Wildman–Crippen MR) is 72.5 cm³/mol. The second kappa shape index (κ2) is 7.63. The maximum Gasteiger partial charge on any atom is 0.322 e. The molecule has 1 aromatic carbocycles. The monoisotopic (exact) mass is 267 g/mol. The highest BCUT2D eigenvalue weighted by atomic mass is 16.5. The van der Waals surface area contributed by atoms with E-state index in [4.69, 9.17) is 15.2 Å². The molecule has 106 valence electrons. The summed E-state index contributed by atoms with van der Waals surface area (Å²) in [5.41, 5.74) is 6.79. The number of carbonyl (C=O) groups excluding carboxylic acids is 1. The molecule has 0 aromatic heterocycles. The normalized spacial score (nSPS) is 11.8. The van der Waals surface area contributed by atoms with Gasteiger partial charge in [0.1, 0.15) is 6.04 Å². The molecule has 19 heavy (non-hydrogen) atoms. The fourth-order valence-electron chi connectivity index (χ4n) is 1.83. The van der Waals surface area contributed by atoms with E-state index in [9.17, 15) is 4.79 Å². The van der Waals surface area contributed by atoms with E-state index in [0.717, 1.165) is 18.4 Å². The molecule has 1 atom stereocenters. The van der Waals surface area contributed by atoms with Gasteiger partial charge in [0.05, 0.1) is 21.3 Å². The van der Waals surface area contributed by atoms with Crippen LogP contribution in [0, 0.1) is 0 Å². The number of rotatable bonds is 7. The lowest BCUT2D eigenvalue weighted by Gasteiger charge is -2.11. The van der Waals surface area contributed by atoms with Gasteiger partial charge in [0.2, 0.25) is 0 Å². The summed E-state index contributed by atoms with van der Waals surface area (Å²) in [5, 5.41) is 0. The second-order valence-electron chi connectivity index (χ2n) is 4.21. The average Bonchev–Trinajstić information content (AvgIpc) is 2.45. The average molecular weight is 267 g/mol. The number of aryl methyl sites for hydroxylation is 1. The van der Waals surface area contributed by atoms with Crippen LogP contribution < -0.4 is 15.2 Å². The van der Waals surface area contributed by atoms with Crippen LogP contribution in [0.25, 0.3) is 0 Å². The topological polar surface area (TPSA) is 70.8 Å². The van der Waals surface area contributed by atoms with Crippen LogP contribution in [0.5, 0.6) is 11.5 Å². The smallest absolute Gasteiger partial charge is 0.322 e. The first kappa shape index (κ1) is 15.3. The Kier molecular flexibility index (Phi) is 6.15. The van der Waals surface area contributed by atoms with Crippen LogP contribution in [0.2, 0.25) is 0 Å². The number of nitrogens with two attached hydrogens (primary N) is 1. The summed E-state index contributed by atoms with van der Waals surface area (Å²) in [6.45, 7) is 0. The zero-order valence-corrected chi connectivity index (χ0v) is 11.6. The molecule has 1 aromatic rings. The van der Waals surface area contributed by atoms with Crippen LogP contribution in [0.1, 0.15) is 18.4 Å². The largest absolute Gasteiger partial charge is 0.493 e. The van der Waals surface area contributed by atoms with Gasteiger partial charge in [-0.15, -0.1) is 0 Å². The molecule has 0 radical (unpaired) electrons. The lowest BCUT2D eigenvalue weighted by molar-refractivity contribution is -0.142. The lowest BCUT2D eigenvalue weighted by atomic mass is 10.0. The highest BCUT2D eigenvalue weighted by Crippen LogP contribution is 2.28. The fourth-order valence-corrected chi connectivity index (χ4v) is 1.83. The minimum Gasteiger partial charge on any atom is -0.493 e. The zero-order valence-electron chi connectivity index (χ0n) is 11.6. The van der Waals surface area contributed by atoms with Crippen LogP contribution in [0.4, 0.5) is 0 Å². The molecule has 0 saturated heterocycles. The highest BCUT2D eigenvalue weighted by Gasteiger charge is 2.13. The molecule has 0 spiro atoms. The highest BCUT2D eigenvalue weighted by molar-refractivity contribution is 5.75. The van der Waals surface area contributed by atoms with Crippen molar-refractivity contribution in [3.63, 3.8) is 0 Å². The molecule has 0 saturated carbocycles. The van der Waals surface area contributed by atoms with Gasteiger partial charge in [-0.1, -0.05) is 6.07 Å². The second-order valence-corrected chi connectivity index (χ2v) is 4.21. The first-order valence-electron chi connectivity index (χ1n) is 6.16. The molecular weight excluding hydrogens is 246 g/mol. The third-order valence-electron chi connectivity index (χ3n) is 2.93. The first-order chi connectivity index (χ1) is 9.12. The molecule has 0 aliphatic heterocycles. The molecular formula is C14H21NO4. The molecule has 0 aliphatic carbocycles. The number of esters is 1. The van der Waals surface area contributed by atoms with Gasteiger partial charge in [-0.25, -0.2) is 0 Å². The Hall–Kier alpha value is -1.75. The number of ether oxygens (including phenoxy) is 3. The SMILES string of the molecule is COC(=O)[C@@H](N)CCCc1ccc(OC)c(OC)c1. The minimum absolute atomic E-state index is 0.368. The molecule has 0 unspecified atom stereocenters. The van der Waals surface area contributed by atoms with Crippen molar-refractivity contribution in [1.29, 1.82) is 0 Å². The minimum atomic E-state index is -0.551. The molecule has 5 heteroatoms. The summed E-state index contributed by atoms with van der Waals surface area (Å²) >= 11 is 0. The third kappa shape index (κ3) is 4.44. The van der Waals surface area contributed by atoms with Gasteiger partial charge in [0.25, 0.3) is 0 Å². The van der Waals surface area contributed by atoms with Gasteiger partial charge in [-0.05, 0) is 37.0 Å². The predicted octanol–water partition coefficient (Wildman–Crippen LogP) is 1.53. The Morgan fingerprint density at radius 3 is 2.47 bits per heavy atom. The van der Waals surface area contributed by atoms with Crippen molar-refractivity contribution in [3.05, 3.63) is 23.8 Å². The van der Waals surface area contributed by atoms with E-state index in [-0.39, 0.29) is 5.97 Å². The molecule has 1 rings (SSSR count). The molecule has 0 fully saturated rings. The number of benzene rings is 1.